The van der Waals surface area contributed by atoms with Gasteiger partial charge in [-0.15, -0.1) is 0 Å². The molecule has 8 heteroatoms. The topological polar surface area (TPSA) is 70.0 Å². The number of aromatic nitrogens is 2. The van der Waals surface area contributed by atoms with Crippen LogP contribution in [0.2, 0.25) is 5.15 Å². The van der Waals surface area contributed by atoms with Gasteiger partial charge in [-0.25, -0.2) is 4.98 Å². The first-order valence-corrected chi connectivity index (χ1v) is 10.7. The number of hydrogen-bond donors (Lipinski definition) is 1. The first kappa shape index (κ1) is 20.9. The van der Waals surface area contributed by atoms with Gasteiger partial charge in [0, 0.05) is 57.1 Å². The van der Waals surface area contributed by atoms with Crippen LogP contribution < -0.4 is 10.2 Å². The Bertz CT molecular complexity index is 1090. The van der Waals surface area contributed by atoms with Crippen molar-refractivity contribution in [1.29, 1.82) is 0 Å². The van der Waals surface area contributed by atoms with Crippen molar-refractivity contribution in [3.63, 3.8) is 0 Å². The number of amides is 2. The fourth-order valence-electron chi connectivity index (χ4n) is 3.65. The van der Waals surface area contributed by atoms with E-state index < -0.39 is 0 Å². The van der Waals surface area contributed by atoms with E-state index >= 15 is 0 Å². The SMILES string of the molecule is O=C(/C=C/c1c(Cl)nc2ccccn12)NCCC(=O)N1CCN(c2ccccc2)CC1. The van der Waals surface area contributed by atoms with Crippen LogP contribution in [-0.2, 0) is 9.59 Å². The molecule has 1 aliphatic heterocycles. The molecule has 0 saturated carbocycles. The van der Waals surface area contributed by atoms with Crippen LogP contribution in [-0.4, -0.2) is 58.8 Å². The number of nitrogens with zero attached hydrogens (tertiary/aromatic N) is 4. The zero-order chi connectivity index (χ0) is 21.6. The second kappa shape index (κ2) is 9.66. The van der Waals surface area contributed by atoms with Crippen molar-refractivity contribution in [2.75, 3.05) is 37.6 Å². The van der Waals surface area contributed by atoms with Gasteiger partial charge >= 0.3 is 0 Å². The van der Waals surface area contributed by atoms with Crippen molar-refractivity contribution in [2.24, 2.45) is 0 Å². The fraction of sp³-hybridized carbons (Fsp3) is 0.261. The lowest BCUT2D eigenvalue weighted by atomic mass is 10.2. The van der Waals surface area contributed by atoms with Crippen LogP contribution in [0.5, 0.6) is 0 Å². The minimum atomic E-state index is -0.274. The molecule has 1 saturated heterocycles. The van der Waals surface area contributed by atoms with Crippen molar-refractivity contribution >= 4 is 40.8 Å². The Labute approximate surface area is 185 Å². The predicted octanol–water partition coefficient (Wildman–Crippen LogP) is 2.86. The highest BCUT2D eigenvalue weighted by molar-refractivity contribution is 6.31. The number of pyridine rings is 1. The summed E-state index contributed by atoms with van der Waals surface area (Å²) < 4.78 is 1.81. The van der Waals surface area contributed by atoms with E-state index in [9.17, 15) is 9.59 Å². The summed E-state index contributed by atoms with van der Waals surface area (Å²) in [6, 6.07) is 15.8. The highest BCUT2D eigenvalue weighted by Gasteiger charge is 2.20. The molecule has 2 aromatic heterocycles. The second-order valence-electron chi connectivity index (χ2n) is 7.29. The molecule has 1 N–H and O–H groups in total. The smallest absolute Gasteiger partial charge is 0.244 e. The number of carbonyl (C=O) groups is 2. The number of anilines is 1. The van der Waals surface area contributed by atoms with Crippen LogP contribution in [0.4, 0.5) is 5.69 Å². The minimum Gasteiger partial charge on any atom is -0.368 e. The van der Waals surface area contributed by atoms with Crippen molar-refractivity contribution < 1.29 is 9.59 Å². The average Bonchev–Trinajstić information content (AvgIpc) is 3.13. The van der Waals surface area contributed by atoms with Crippen molar-refractivity contribution in [1.82, 2.24) is 19.6 Å². The molecule has 3 heterocycles. The molecule has 1 aromatic carbocycles. The van der Waals surface area contributed by atoms with Gasteiger partial charge in [0.15, 0.2) is 5.15 Å². The molecule has 0 atom stereocenters. The zero-order valence-electron chi connectivity index (χ0n) is 17.1. The number of para-hydroxylation sites is 1. The van der Waals surface area contributed by atoms with Crippen LogP contribution in [0.1, 0.15) is 12.1 Å². The molecule has 1 aliphatic rings. The molecule has 31 heavy (non-hydrogen) atoms. The molecule has 0 spiro atoms. The summed E-state index contributed by atoms with van der Waals surface area (Å²) in [6.07, 6.45) is 5.15. The average molecular weight is 438 g/mol. The summed E-state index contributed by atoms with van der Waals surface area (Å²) in [5.41, 5.74) is 2.53. The summed E-state index contributed by atoms with van der Waals surface area (Å²) >= 11 is 6.16. The van der Waals surface area contributed by atoms with Crippen LogP contribution in [0.3, 0.4) is 0 Å². The number of fused-ring (bicyclic) bond motifs is 1. The number of imidazole rings is 1. The Balaban J connectivity index is 1.22. The fourth-order valence-corrected chi connectivity index (χ4v) is 3.89. The highest BCUT2D eigenvalue weighted by atomic mass is 35.5. The van der Waals surface area contributed by atoms with Crippen molar-refractivity contribution in [2.45, 2.75) is 6.42 Å². The molecule has 0 unspecified atom stereocenters. The summed E-state index contributed by atoms with van der Waals surface area (Å²) in [4.78, 5) is 33.0. The molecule has 7 nitrogen and oxygen atoms in total. The third-order valence-electron chi connectivity index (χ3n) is 5.31. The lowest BCUT2D eigenvalue weighted by Crippen LogP contribution is -2.49. The Hall–Kier alpha value is -3.32. The van der Waals surface area contributed by atoms with E-state index in [1.807, 2.05) is 51.9 Å². The van der Waals surface area contributed by atoms with Gasteiger partial charge in [0.1, 0.15) is 5.65 Å². The van der Waals surface area contributed by atoms with E-state index in [-0.39, 0.29) is 18.2 Å². The Morgan fingerprint density at radius 1 is 1.03 bits per heavy atom. The first-order chi connectivity index (χ1) is 15.1. The molecule has 0 bridgehead atoms. The normalized spacial score (nSPS) is 14.4. The molecule has 0 aliphatic carbocycles. The van der Waals surface area contributed by atoms with E-state index in [2.05, 4.69) is 27.3 Å². The largest absolute Gasteiger partial charge is 0.368 e. The van der Waals surface area contributed by atoms with Crippen LogP contribution >= 0.6 is 11.6 Å². The van der Waals surface area contributed by atoms with E-state index in [1.54, 1.807) is 6.08 Å². The third-order valence-corrected chi connectivity index (χ3v) is 5.58. The lowest BCUT2D eigenvalue weighted by molar-refractivity contribution is -0.131. The maximum absolute atomic E-state index is 12.5. The zero-order valence-corrected chi connectivity index (χ0v) is 17.8. The molecule has 4 rings (SSSR count). The van der Waals surface area contributed by atoms with Crippen molar-refractivity contribution in [3.8, 4) is 0 Å². The number of nitrogens with one attached hydrogen (secondary N) is 1. The van der Waals surface area contributed by atoms with Gasteiger partial charge in [-0.05, 0) is 30.3 Å². The molecular formula is C23H24ClN5O2. The van der Waals surface area contributed by atoms with Gasteiger partial charge in [-0.1, -0.05) is 35.9 Å². The van der Waals surface area contributed by atoms with E-state index in [1.165, 1.54) is 11.8 Å². The Morgan fingerprint density at radius 2 is 1.77 bits per heavy atom. The number of halogens is 1. The highest BCUT2D eigenvalue weighted by Crippen LogP contribution is 2.19. The van der Waals surface area contributed by atoms with Crippen molar-refractivity contribution in [3.05, 3.63) is 71.7 Å². The summed E-state index contributed by atoms with van der Waals surface area (Å²) in [7, 11) is 0. The van der Waals surface area contributed by atoms with Crippen LogP contribution in [0.15, 0.2) is 60.8 Å². The van der Waals surface area contributed by atoms with Crippen LogP contribution in [0.25, 0.3) is 11.7 Å². The minimum absolute atomic E-state index is 0.0572. The van der Waals surface area contributed by atoms with Gasteiger partial charge < -0.3 is 15.1 Å². The Morgan fingerprint density at radius 3 is 2.55 bits per heavy atom. The number of benzene rings is 1. The third kappa shape index (κ3) is 5.06. The van der Waals surface area contributed by atoms with Gasteiger partial charge in [0.25, 0.3) is 0 Å². The molecular weight excluding hydrogens is 414 g/mol. The molecule has 2 amide bonds. The van der Waals surface area contributed by atoms with Gasteiger partial charge in [0.2, 0.25) is 11.8 Å². The first-order valence-electron chi connectivity index (χ1n) is 10.3. The number of carbonyl (C=O) groups excluding carboxylic acids is 2. The lowest BCUT2D eigenvalue weighted by Gasteiger charge is -2.36. The van der Waals surface area contributed by atoms with E-state index in [0.717, 1.165) is 13.1 Å². The van der Waals surface area contributed by atoms with Gasteiger partial charge in [-0.2, -0.15) is 0 Å². The summed E-state index contributed by atoms with van der Waals surface area (Å²) in [5.74, 6) is -0.217. The standard InChI is InChI=1S/C23H24ClN5O2/c24-23-19(29-13-5-4-8-20(29)26-23)9-10-21(30)25-12-11-22(31)28-16-14-27(15-17-28)18-6-2-1-3-7-18/h1-10,13H,11-12,14-17H2,(H,25,30)/b10-9+. The summed E-state index contributed by atoms with van der Waals surface area (Å²) in [5, 5.41) is 3.09. The maximum atomic E-state index is 12.5. The molecule has 160 valence electrons. The molecule has 3 aromatic rings. The quantitative estimate of drug-likeness (QED) is 0.602. The number of piperazine rings is 1. The predicted molar refractivity (Wildman–Crippen MR) is 122 cm³/mol. The maximum Gasteiger partial charge on any atom is 0.244 e. The van der Waals surface area contributed by atoms with Gasteiger partial charge in [0.05, 0.1) is 5.69 Å². The Kier molecular flexibility index (Phi) is 6.52. The van der Waals surface area contributed by atoms with E-state index in [0.29, 0.717) is 36.1 Å². The number of hydrogen-bond acceptors (Lipinski definition) is 4. The summed E-state index contributed by atoms with van der Waals surface area (Å²) in [6.45, 7) is 3.29. The molecule has 1 fully saturated rings. The monoisotopic (exact) mass is 437 g/mol. The van der Waals surface area contributed by atoms with Crippen LogP contribution in [0, 0.1) is 0 Å². The number of rotatable bonds is 6. The van der Waals surface area contributed by atoms with E-state index in [4.69, 9.17) is 11.6 Å². The second-order valence-corrected chi connectivity index (χ2v) is 7.65. The van der Waals surface area contributed by atoms with Gasteiger partial charge in [-0.3, -0.25) is 14.0 Å². The molecule has 0 radical (unpaired) electrons.